The number of nitriles is 1. The highest BCUT2D eigenvalue weighted by Gasteiger charge is 2.27. The van der Waals surface area contributed by atoms with Crippen LogP contribution in [0.25, 0.3) is 0 Å². The van der Waals surface area contributed by atoms with E-state index in [-0.39, 0.29) is 12.0 Å². The zero-order valence-corrected chi connectivity index (χ0v) is 11.9. The molecule has 0 aromatic heterocycles. The molecule has 0 heterocycles. The largest absolute Gasteiger partial charge is 0.379 e. The Hall–Kier alpha value is -0.530. The third kappa shape index (κ3) is 2.41. The summed E-state index contributed by atoms with van der Waals surface area (Å²) in [5, 5.41) is 12.5. The second-order valence-electron chi connectivity index (χ2n) is 4.01. The average molecular weight is 344 g/mol. The first kappa shape index (κ1) is 11.9. The van der Waals surface area contributed by atoms with Gasteiger partial charge in [-0.3, -0.25) is 0 Å². The van der Waals surface area contributed by atoms with Crippen LogP contribution in [-0.2, 0) is 0 Å². The molecule has 4 heteroatoms. The molecule has 1 N–H and O–H groups in total. The zero-order chi connectivity index (χ0) is 11.5. The van der Waals surface area contributed by atoms with Crippen molar-refractivity contribution in [3.05, 3.63) is 27.1 Å². The molecule has 0 amide bonds. The molecule has 2 nitrogen and oxygen atoms in total. The number of halogens is 2. The predicted molar refractivity (Wildman–Crippen MR) is 72.2 cm³/mol. The van der Waals surface area contributed by atoms with Gasteiger partial charge >= 0.3 is 0 Å². The SMILES string of the molecule is N#CC1CCCC1Nc1c(Br)cccc1Br. The van der Waals surface area contributed by atoms with Crippen molar-refractivity contribution in [3.63, 3.8) is 0 Å². The molecule has 2 atom stereocenters. The first-order chi connectivity index (χ1) is 7.72. The summed E-state index contributed by atoms with van der Waals surface area (Å²) >= 11 is 7.04. The molecule has 0 bridgehead atoms. The zero-order valence-electron chi connectivity index (χ0n) is 8.71. The molecule has 0 aliphatic heterocycles. The minimum Gasteiger partial charge on any atom is -0.379 e. The molecule has 1 aromatic rings. The van der Waals surface area contributed by atoms with Gasteiger partial charge in [0.05, 0.1) is 17.7 Å². The van der Waals surface area contributed by atoms with Crippen LogP contribution in [0.4, 0.5) is 5.69 Å². The number of rotatable bonds is 2. The minimum atomic E-state index is 0.138. The lowest BCUT2D eigenvalue weighted by molar-refractivity contribution is 0.629. The van der Waals surface area contributed by atoms with Gasteiger partial charge in [-0.15, -0.1) is 0 Å². The van der Waals surface area contributed by atoms with Crippen LogP contribution in [0.3, 0.4) is 0 Å². The van der Waals surface area contributed by atoms with E-state index in [1.54, 1.807) is 0 Å². The summed E-state index contributed by atoms with van der Waals surface area (Å²) in [5.41, 5.74) is 1.05. The van der Waals surface area contributed by atoms with E-state index in [0.717, 1.165) is 33.9 Å². The van der Waals surface area contributed by atoms with E-state index in [4.69, 9.17) is 5.26 Å². The Morgan fingerprint density at radius 3 is 2.56 bits per heavy atom. The van der Waals surface area contributed by atoms with Crippen LogP contribution < -0.4 is 5.32 Å². The van der Waals surface area contributed by atoms with Gasteiger partial charge in [-0.05, 0) is 63.3 Å². The Bertz CT molecular complexity index is 405. The molecule has 1 saturated carbocycles. The molecule has 1 aliphatic rings. The highest BCUT2D eigenvalue weighted by Crippen LogP contribution is 2.35. The molecular weight excluding hydrogens is 332 g/mol. The van der Waals surface area contributed by atoms with Crippen molar-refractivity contribution in [3.8, 4) is 6.07 Å². The van der Waals surface area contributed by atoms with Crippen molar-refractivity contribution < 1.29 is 0 Å². The van der Waals surface area contributed by atoms with Crippen LogP contribution in [0.5, 0.6) is 0 Å². The molecule has 0 radical (unpaired) electrons. The Morgan fingerprint density at radius 1 is 1.25 bits per heavy atom. The van der Waals surface area contributed by atoms with Crippen LogP contribution in [0.15, 0.2) is 27.1 Å². The number of hydrogen-bond acceptors (Lipinski definition) is 2. The van der Waals surface area contributed by atoms with Gasteiger partial charge in [0.15, 0.2) is 0 Å². The lowest BCUT2D eigenvalue weighted by atomic mass is 10.1. The van der Waals surface area contributed by atoms with E-state index in [0.29, 0.717) is 0 Å². The highest BCUT2D eigenvalue weighted by atomic mass is 79.9. The predicted octanol–water partition coefficient (Wildman–Crippen LogP) is 4.32. The molecule has 1 aromatic carbocycles. The molecule has 1 fully saturated rings. The molecule has 2 unspecified atom stereocenters. The van der Waals surface area contributed by atoms with Gasteiger partial charge in [0.25, 0.3) is 0 Å². The molecule has 1 aliphatic carbocycles. The van der Waals surface area contributed by atoms with Crippen LogP contribution in [0.2, 0.25) is 0 Å². The van der Waals surface area contributed by atoms with Gasteiger partial charge in [-0.1, -0.05) is 6.07 Å². The quantitative estimate of drug-likeness (QED) is 0.868. The normalized spacial score (nSPS) is 24.1. The Morgan fingerprint density at radius 2 is 1.94 bits per heavy atom. The number of nitrogens with one attached hydrogen (secondary N) is 1. The van der Waals surface area contributed by atoms with Gasteiger partial charge in [-0.25, -0.2) is 0 Å². The van der Waals surface area contributed by atoms with Crippen LogP contribution >= 0.6 is 31.9 Å². The van der Waals surface area contributed by atoms with Gasteiger partial charge in [0, 0.05) is 15.0 Å². The van der Waals surface area contributed by atoms with Gasteiger partial charge < -0.3 is 5.32 Å². The Kier molecular flexibility index (Phi) is 3.88. The van der Waals surface area contributed by atoms with Crippen molar-refractivity contribution in [2.24, 2.45) is 5.92 Å². The molecule has 0 spiro atoms. The monoisotopic (exact) mass is 342 g/mol. The van der Waals surface area contributed by atoms with Crippen LogP contribution in [0.1, 0.15) is 19.3 Å². The number of benzene rings is 1. The molecular formula is C12H12Br2N2. The third-order valence-corrected chi connectivity index (χ3v) is 4.30. The standard InChI is InChI=1S/C12H12Br2N2/c13-9-4-2-5-10(14)12(9)16-11-6-1-3-8(11)7-15/h2,4-5,8,11,16H,1,3,6H2. The lowest BCUT2D eigenvalue weighted by Crippen LogP contribution is -2.23. The maximum absolute atomic E-state index is 9.04. The summed E-state index contributed by atoms with van der Waals surface area (Å²) in [6.07, 6.45) is 3.22. The minimum absolute atomic E-state index is 0.138. The van der Waals surface area contributed by atoms with Crippen molar-refractivity contribution in [1.29, 1.82) is 5.26 Å². The summed E-state index contributed by atoms with van der Waals surface area (Å²) in [6.45, 7) is 0. The summed E-state index contributed by atoms with van der Waals surface area (Å²) < 4.78 is 2.07. The van der Waals surface area contributed by atoms with Crippen molar-refractivity contribution >= 4 is 37.5 Å². The summed E-state index contributed by atoms with van der Waals surface area (Å²) in [7, 11) is 0. The summed E-state index contributed by atoms with van der Waals surface area (Å²) in [5.74, 6) is 0.138. The first-order valence-corrected chi connectivity index (χ1v) is 6.91. The van der Waals surface area contributed by atoms with E-state index in [1.807, 2.05) is 18.2 Å². The molecule has 2 rings (SSSR count). The average Bonchev–Trinajstić information content (AvgIpc) is 2.71. The maximum Gasteiger partial charge on any atom is 0.0677 e. The van der Waals surface area contributed by atoms with Crippen molar-refractivity contribution in [2.45, 2.75) is 25.3 Å². The van der Waals surface area contributed by atoms with Gasteiger partial charge in [-0.2, -0.15) is 5.26 Å². The fourth-order valence-electron chi connectivity index (χ4n) is 2.11. The van der Waals surface area contributed by atoms with E-state index < -0.39 is 0 Å². The second-order valence-corrected chi connectivity index (χ2v) is 5.72. The lowest BCUT2D eigenvalue weighted by Gasteiger charge is -2.19. The van der Waals surface area contributed by atoms with E-state index in [2.05, 4.69) is 43.2 Å². The Labute approximate surface area is 112 Å². The number of anilines is 1. The maximum atomic E-state index is 9.04. The van der Waals surface area contributed by atoms with E-state index in [1.165, 1.54) is 0 Å². The number of para-hydroxylation sites is 1. The van der Waals surface area contributed by atoms with Crippen molar-refractivity contribution in [1.82, 2.24) is 0 Å². The molecule has 16 heavy (non-hydrogen) atoms. The van der Waals surface area contributed by atoms with Gasteiger partial charge in [0.1, 0.15) is 0 Å². The molecule has 84 valence electrons. The summed E-state index contributed by atoms with van der Waals surface area (Å²) in [6, 6.07) is 8.65. The van der Waals surface area contributed by atoms with Crippen LogP contribution in [-0.4, -0.2) is 6.04 Å². The van der Waals surface area contributed by atoms with Crippen LogP contribution in [0, 0.1) is 17.2 Å². The van der Waals surface area contributed by atoms with E-state index in [9.17, 15) is 0 Å². The fraction of sp³-hybridized carbons (Fsp3) is 0.417. The second kappa shape index (κ2) is 5.20. The summed E-state index contributed by atoms with van der Waals surface area (Å²) in [4.78, 5) is 0. The van der Waals surface area contributed by atoms with Gasteiger partial charge in [0.2, 0.25) is 0 Å². The fourth-order valence-corrected chi connectivity index (χ4v) is 3.34. The topological polar surface area (TPSA) is 35.8 Å². The van der Waals surface area contributed by atoms with E-state index >= 15 is 0 Å². The number of nitrogens with zero attached hydrogens (tertiary/aromatic N) is 1. The number of hydrogen-bond donors (Lipinski definition) is 1. The molecule has 0 saturated heterocycles. The third-order valence-electron chi connectivity index (χ3n) is 2.97. The highest BCUT2D eigenvalue weighted by molar-refractivity contribution is 9.11. The Balaban J connectivity index is 2.18. The smallest absolute Gasteiger partial charge is 0.0677 e. The first-order valence-electron chi connectivity index (χ1n) is 5.32. The van der Waals surface area contributed by atoms with Crippen molar-refractivity contribution in [2.75, 3.05) is 5.32 Å².